The molecule has 0 N–H and O–H groups in total. The zero-order valence-corrected chi connectivity index (χ0v) is 10.5. The average Bonchev–Trinajstić information content (AvgIpc) is 2.87. The van der Waals surface area contributed by atoms with E-state index in [-0.39, 0.29) is 11.6 Å². The summed E-state index contributed by atoms with van der Waals surface area (Å²) in [6.45, 7) is 5.81. The van der Waals surface area contributed by atoms with Crippen LogP contribution in [-0.2, 0) is 9.53 Å². The first-order valence-corrected chi connectivity index (χ1v) is 6.49. The Morgan fingerprint density at radius 2 is 2.00 bits per heavy atom. The number of fused-ring (bicyclic) bond motifs is 2. The molecular formula is C14H22O2. The molecule has 1 fully saturated rings. The average molecular weight is 222 g/mol. The highest BCUT2D eigenvalue weighted by Crippen LogP contribution is 2.51. The maximum atomic E-state index is 11.3. The number of ether oxygens (including phenoxy) is 1. The predicted octanol–water partition coefficient (Wildman–Crippen LogP) is 3.32. The Morgan fingerprint density at radius 3 is 2.38 bits per heavy atom. The van der Waals surface area contributed by atoms with E-state index < -0.39 is 0 Å². The van der Waals surface area contributed by atoms with Gasteiger partial charge in [-0.15, -0.1) is 0 Å². The van der Waals surface area contributed by atoms with Crippen molar-refractivity contribution >= 4 is 5.97 Å². The highest BCUT2D eigenvalue weighted by Gasteiger charge is 2.48. The summed E-state index contributed by atoms with van der Waals surface area (Å²) in [6.07, 6.45) is 9.02. The van der Waals surface area contributed by atoms with E-state index in [4.69, 9.17) is 4.74 Å². The fourth-order valence-electron chi connectivity index (χ4n) is 3.67. The lowest BCUT2D eigenvalue weighted by molar-refractivity contribution is -0.166. The van der Waals surface area contributed by atoms with Crippen LogP contribution in [0, 0.1) is 17.8 Å². The van der Waals surface area contributed by atoms with Crippen molar-refractivity contribution in [3.05, 3.63) is 12.2 Å². The van der Waals surface area contributed by atoms with Crippen LogP contribution in [0.15, 0.2) is 12.2 Å². The van der Waals surface area contributed by atoms with Crippen LogP contribution in [0.5, 0.6) is 0 Å². The first kappa shape index (κ1) is 11.7. The number of rotatable bonds is 4. The van der Waals surface area contributed by atoms with Gasteiger partial charge in [0.1, 0.15) is 5.60 Å². The Hall–Kier alpha value is -0.790. The molecule has 0 aromatic rings. The normalized spacial score (nSPS) is 32.1. The maximum absolute atomic E-state index is 11.3. The molecule has 0 radical (unpaired) electrons. The van der Waals surface area contributed by atoms with Gasteiger partial charge in [-0.05, 0) is 37.5 Å². The molecule has 3 unspecified atom stereocenters. The Morgan fingerprint density at radius 1 is 1.31 bits per heavy atom. The maximum Gasteiger partial charge on any atom is 0.303 e. The molecule has 2 nitrogen and oxygen atoms in total. The summed E-state index contributed by atoms with van der Waals surface area (Å²) in [5, 5.41) is 0. The Balaban J connectivity index is 2.18. The monoisotopic (exact) mass is 222 g/mol. The van der Waals surface area contributed by atoms with Gasteiger partial charge in [-0.1, -0.05) is 26.0 Å². The molecule has 0 heterocycles. The summed E-state index contributed by atoms with van der Waals surface area (Å²) in [4.78, 5) is 11.3. The van der Waals surface area contributed by atoms with Crippen LogP contribution in [0.2, 0.25) is 0 Å². The summed E-state index contributed by atoms with van der Waals surface area (Å²) in [5.41, 5.74) is -0.212. The smallest absolute Gasteiger partial charge is 0.303 e. The van der Waals surface area contributed by atoms with Crippen LogP contribution in [-0.4, -0.2) is 11.6 Å². The van der Waals surface area contributed by atoms with E-state index >= 15 is 0 Å². The molecule has 0 spiro atoms. The molecule has 3 atom stereocenters. The molecule has 0 aromatic carbocycles. The highest BCUT2D eigenvalue weighted by molar-refractivity contribution is 5.66. The number of carbonyl (C=O) groups excluding carboxylic acids is 1. The Bertz CT molecular complexity index is 302. The predicted molar refractivity (Wildman–Crippen MR) is 63.9 cm³/mol. The summed E-state index contributed by atoms with van der Waals surface area (Å²) < 4.78 is 5.70. The van der Waals surface area contributed by atoms with Gasteiger partial charge in [-0.2, -0.15) is 0 Å². The van der Waals surface area contributed by atoms with E-state index in [1.807, 2.05) is 0 Å². The van der Waals surface area contributed by atoms with E-state index in [1.165, 1.54) is 19.8 Å². The molecular weight excluding hydrogens is 200 g/mol. The van der Waals surface area contributed by atoms with Crippen molar-refractivity contribution in [1.29, 1.82) is 0 Å². The van der Waals surface area contributed by atoms with E-state index in [0.717, 1.165) is 18.8 Å². The molecule has 2 rings (SSSR count). The van der Waals surface area contributed by atoms with Crippen molar-refractivity contribution in [3.8, 4) is 0 Å². The molecule has 2 heteroatoms. The van der Waals surface area contributed by atoms with Crippen LogP contribution >= 0.6 is 0 Å². The van der Waals surface area contributed by atoms with Gasteiger partial charge in [0.15, 0.2) is 0 Å². The fraction of sp³-hybridized carbons (Fsp3) is 0.786. The molecule has 0 aliphatic heterocycles. The van der Waals surface area contributed by atoms with E-state index in [1.54, 1.807) is 0 Å². The first-order valence-electron chi connectivity index (χ1n) is 6.49. The van der Waals surface area contributed by atoms with Crippen LogP contribution in [0.4, 0.5) is 0 Å². The number of allylic oxidation sites excluding steroid dienone is 2. The molecule has 16 heavy (non-hydrogen) atoms. The van der Waals surface area contributed by atoms with E-state index in [0.29, 0.717) is 11.8 Å². The van der Waals surface area contributed by atoms with Crippen LogP contribution in [0.3, 0.4) is 0 Å². The minimum Gasteiger partial charge on any atom is -0.459 e. The van der Waals surface area contributed by atoms with Crippen LogP contribution in [0.25, 0.3) is 0 Å². The van der Waals surface area contributed by atoms with Crippen molar-refractivity contribution in [3.63, 3.8) is 0 Å². The topological polar surface area (TPSA) is 26.3 Å². The zero-order chi connectivity index (χ0) is 11.8. The minimum atomic E-state index is -0.212. The Kier molecular flexibility index (Phi) is 3.09. The van der Waals surface area contributed by atoms with Gasteiger partial charge in [0.25, 0.3) is 0 Å². The second kappa shape index (κ2) is 4.23. The summed E-state index contributed by atoms with van der Waals surface area (Å²) in [7, 11) is 0. The lowest BCUT2D eigenvalue weighted by Crippen LogP contribution is -2.43. The fourth-order valence-corrected chi connectivity index (χ4v) is 3.67. The molecule has 0 saturated heterocycles. The third-order valence-corrected chi connectivity index (χ3v) is 4.50. The number of hydrogen-bond acceptors (Lipinski definition) is 2. The van der Waals surface area contributed by atoms with Gasteiger partial charge in [0.2, 0.25) is 0 Å². The van der Waals surface area contributed by atoms with Gasteiger partial charge < -0.3 is 4.74 Å². The molecule has 1 saturated carbocycles. The molecule has 0 amide bonds. The van der Waals surface area contributed by atoms with Crippen molar-refractivity contribution < 1.29 is 9.53 Å². The van der Waals surface area contributed by atoms with Gasteiger partial charge >= 0.3 is 5.97 Å². The second-order valence-corrected chi connectivity index (χ2v) is 5.25. The standard InChI is InChI=1S/C14H22O2/c1-4-14(5-2,16-10(3)15)13-9-11-6-7-12(13)8-11/h6-7,11-13H,4-5,8-9H2,1-3H3. The van der Waals surface area contributed by atoms with Crippen molar-refractivity contribution in [2.24, 2.45) is 17.8 Å². The first-order chi connectivity index (χ1) is 7.61. The zero-order valence-electron chi connectivity index (χ0n) is 10.5. The van der Waals surface area contributed by atoms with Crippen molar-refractivity contribution in [2.45, 2.75) is 52.1 Å². The number of esters is 1. The van der Waals surface area contributed by atoms with Crippen molar-refractivity contribution in [2.75, 3.05) is 0 Å². The molecule has 2 bridgehead atoms. The van der Waals surface area contributed by atoms with E-state index in [2.05, 4.69) is 26.0 Å². The molecule has 0 aromatic heterocycles. The Labute approximate surface area is 98.1 Å². The molecule has 2 aliphatic carbocycles. The van der Waals surface area contributed by atoms with E-state index in [9.17, 15) is 4.79 Å². The number of carbonyl (C=O) groups is 1. The third kappa shape index (κ3) is 1.79. The lowest BCUT2D eigenvalue weighted by Gasteiger charge is -2.40. The minimum absolute atomic E-state index is 0.129. The summed E-state index contributed by atoms with van der Waals surface area (Å²) in [6, 6.07) is 0. The molecule has 90 valence electrons. The second-order valence-electron chi connectivity index (χ2n) is 5.25. The SMILES string of the molecule is CCC(CC)(OC(C)=O)C1CC2C=CC1C2. The van der Waals surface area contributed by atoms with Gasteiger partial charge in [-0.3, -0.25) is 4.79 Å². The third-order valence-electron chi connectivity index (χ3n) is 4.50. The van der Waals surface area contributed by atoms with Gasteiger partial charge in [-0.25, -0.2) is 0 Å². The lowest BCUT2D eigenvalue weighted by atomic mass is 9.75. The highest BCUT2D eigenvalue weighted by atomic mass is 16.6. The van der Waals surface area contributed by atoms with Gasteiger partial charge in [0.05, 0.1) is 0 Å². The summed E-state index contributed by atoms with van der Waals surface area (Å²) in [5.74, 6) is 1.80. The van der Waals surface area contributed by atoms with Gasteiger partial charge in [0, 0.05) is 12.8 Å². The largest absolute Gasteiger partial charge is 0.459 e. The van der Waals surface area contributed by atoms with Crippen LogP contribution in [0.1, 0.15) is 46.5 Å². The quantitative estimate of drug-likeness (QED) is 0.539. The number of hydrogen-bond donors (Lipinski definition) is 0. The van der Waals surface area contributed by atoms with Crippen LogP contribution < -0.4 is 0 Å². The molecule has 2 aliphatic rings. The summed E-state index contributed by atoms with van der Waals surface area (Å²) >= 11 is 0. The van der Waals surface area contributed by atoms with Crippen molar-refractivity contribution in [1.82, 2.24) is 0 Å².